The lowest BCUT2D eigenvalue weighted by Crippen LogP contribution is -2.23. The summed E-state index contributed by atoms with van der Waals surface area (Å²) in [6, 6.07) is 17.6. The summed E-state index contributed by atoms with van der Waals surface area (Å²) in [5.74, 6) is -0.445. The second-order valence-electron chi connectivity index (χ2n) is 7.33. The van der Waals surface area contributed by atoms with E-state index in [4.69, 9.17) is 0 Å². The molecule has 0 radical (unpaired) electrons. The van der Waals surface area contributed by atoms with Crippen molar-refractivity contribution in [3.8, 4) is 0 Å². The zero-order valence-electron chi connectivity index (χ0n) is 17.3. The van der Waals surface area contributed by atoms with Gasteiger partial charge in [0, 0.05) is 54.1 Å². The van der Waals surface area contributed by atoms with Crippen LogP contribution in [0, 0.1) is 0 Å². The zero-order chi connectivity index (χ0) is 22.3. The summed E-state index contributed by atoms with van der Waals surface area (Å²) in [5.41, 5.74) is 3.31. The summed E-state index contributed by atoms with van der Waals surface area (Å²) in [6.45, 7) is 0.746. The Labute approximate surface area is 185 Å². The molecule has 7 nitrogen and oxygen atoms in total. The van der Waals surface area contributed by atoms with Gasteiger partial charge >= 0.3 is 0 Å². The number of hydrogen-bond donors (Lipinski definition) is 2. The first-order valence-corrected chi connectivity index (χ1v) is 10.3. The predicted molar refractivity (Wildman–Crippen MR) is 124 cm³/mol. The van der Waals surface area contributed by atoms with Gasteiger partial charge in [-0.3, -0.25) is 19.4 Å². The van der Waals surface area contributed by atoms with Gasteiger partial charge in [-0.2, -0.15) is 0 Å². The maximum absolute atomic E-state index is 12.4. The molecule has 2 heterocycles. The minimum absolute atomic E-state index is 0.143. The lowest BCUT2D eigenvalue weighted by molar-refractivity contribution is -0.117. The summed E-state index contributed by atoms with van der Waals surface area (Å²) < 4.78 is 0. The van der Waals surface area contributed by atoms with Crippen molar-refractivity contribution in [3.05, 3.63) is 90.3 Å². The number of carbonyl (C=O) groups is 3. The normalized spacial score (nSPS) is 13.4. The van der Waals surface area contributed by atoms with Crippen LogP contribution in [0.3, 0.4) is 0 Å². The molecule has 2 aromatic carbocycles. The maximum Gasteiger partial charge on any atom is 0.255 e. The molecule has 7 heteroatoms. The van der Waals surface area contributed by atoms with E-state index in [9.17, 15) is 14.4 Å². The van der Waals surface area contributed by atoms with Gasteiger partial charge in [0.15, 0.2) is 0 Å². The van der Waals surface area contributed by atoms with E-state index in [0.29, 0.717) is 23.4 Å². The van der Waals surface area contributed by atoms with E-state index >= 15 is 0 Å². The number of pyridine rings is 1. The lowest BCUT2D eigenvalue weighted by Gasteiger charge is -2.15. The van der Waals surface area contributed by atoms with Crippen molar-refractivity contribution in [2.75, 3.05) is 22.1 Å². The number of benzene rings is 2. The molecule has 1 saturated heterocycles. The zero-order valence-corrected chi connectivity index (χ0v) is 17.3. The first-order valence-electron chi connectivity index (χ1n) is 10.3. The first-order chi connectivity index (χ1) is 15.6. The van der Waals surface area contributed by atoms with E-state index in [-0.39, 0.29) is 17.7 Å². The molecule has 1 aromatic heterocycles. The average Bonchev–Trinajstić information content (AvgIpc) is 3.25. The van der Waals surface area contributed by atoms with Gasteiger partial charge in [0.05, 0.1) is 0 Å². The highest BCUT2D eigenvalue weighted by Crippen LogP contribution is 2.22. The quantitative estimate of drug-likeness (QED) is 0.580. The number of anilines is 3. The van der Waals surface area contributed by atoms with Crippen molar-refractivity contribution in [2.45, 2.75) is 12.8 Å². The Morgan fingerprint density at radius 2 is 1.72 bits per heavy atom. The van der Waals surface area contributed by atoms with Crippen molar-refractivity contribution < 1.29 is 14.4 Å². The van der Waals surface area contributed by atoms with E-state index in [1.54, 1.807) is 59.8 Å². The predicted octanol–water partition coefficient (Wildman–Crippen LogP) is 4.11. The molecule has 0 bridgehead atoms. The van der Waals surface area contributed by atoms with Crippen LogP contribution in [0.5, 0.6) is 0 Å². The topological polar surface area (TPSA) is 91.4 Å². The van der Waals surface area contributed by atoms with Crippen LogP contribution in [0.15, 0.2) is 79.1 Å². The molecule has 160 valence electrons. The molecule has 4 rings (SSSR count). The third kappa shape index (κ3) is 5.26. The van der Waals surface area contributed by atoms with Gasteiger partial charge in [-0.05, 0) is 60.5 Å². The number of rotatable bonds is 6. The first kappa shape index (κ1) is 21.0. The van der Waals surface area contributed by atoms with Gasteiger partial charge in [-0.25, -0.2) is 0 Å². The van der Waals surface area contributed by atoms with Gasteiger partial charge in [-0.1, -0.05) is 18.2 Å². The number of hydrogen-bond acceptors (Lipinski definition) is 4. The van der Waals surface area contributed by atoms with Crippen molar-refractivity contribution in [3.63, 3.8) is 0 Å². The van der Waals surface area contributed by atoms with E-state index in [0.717, 1.165) is 24.2 Å². The SMILES string of the molecule is O=C(C=Cc1ccc(N2CCCC2=O)cc1)Nc1cccc(C(=O)Nc2ccncc2)c1. The molecule has 3 amide bonds. The van der Waals surface area contributed by atoms with Crippen LogP contribution < -0.4 is 15.5 Å². The molecule has 1 aliphatic rings. The minimum Gasteiger partial charge on any atom is -0.322 e. The summed E-state index contributed by atoms with van der Waals surface area (Å²) in [6.07, 6.45) is 7.79. The third-order valence-electron chi connectivity index (χ3n) is 5.04. The van der Waals surface area contributed by atoms with E-state index in [1.807, 2.05) is 24.3 Å². The smallest absolute Gasteiger partial charge is 0.255 e. The van der Waals surface area contributed by atoms with Crippen LogP contribution in [0.25, 0.3) is 6.08 Å². The largest absolute Gasteiger partial charge is 0.322 e. The Hall–Kier alpha value is -4.26. The molecule has 0 aliphatic carbocycles. The average molecular weight is 426 g/mol. The molecule has 1 aliphatic heterocycles. The summed E-state index contributed by atoms with van der Waals surface area (Å²) in [7, 11) is 0. The minimum atomic E-state index is -0.310. The van der Waals surface area contributed by atoms with Crippen LogP contribution in [0.1, 0.15) is 28.8 Å². The van der Waals surface area contributed by atoms with Gasteiger partial charge in [-0.15, -0.1) is 0 Å². The Balaban J connectivity index is 1.35. The monoisotopic (exact) mass is 426 g/mol. The lowest BCUT2D eigenvalue weighted by atomic mass is 10.1. The molecule has 32 heavy (non-hydrogen) atoms. The van der Waals surface area contributed by atoms with E-state index in [2.05, 4.69) is 15.6 Å². The molecule has 2 N–H and O–H groups in total. The van der Waals surface area contributed by atoms with Crippen LogP contribution in [-0.2, 0) is 9.59 Å². The number of carbonyl (C=O) groups excluding carboxylic acids is 3. The molecule has 1 fully saturated rings. The van der Waals surface area contributed by atoms with Crippen LogP contribution in [-0.4, -0.2) is 29.3 Å². The molecular weight excluding hydrogens is 404 g/mol. The van der Waals surface area contributed by atoms with Crippen LogP contribution in [0.2, 0.25) is 0 Å². The van der Waals surface area contributed by atoms with Crippen LogP contribution >= 0.6 is 0 Å². The fourth-order valence-electron chi connectivity index (χ4n) is 3.42. The molecular formula is C25H22N4O3. The number of nitrogens with zero attached hydrogens (tertiary/aromatic N) is 2. The number of aromatic nitrogens is 1. The molecule has 0 saturated carbocycles. The summed E-state index contributed by atoms with van der Waals surface area (Å²) >= 11 is 0. The highest BCUT2D eigenvalue weighted by atomic mass is 16.2. The van der Waals surface area contributed by atoms with Gasteiger partial charge in [0.1, 0.15) is 0 Å². The Morgan fingerprint density at radius 1 is 0.938 bits per heavy atom. The molecule has 0 atom stereocenters. The second kappa shape index (κ2) is 9.70. The van der Waals surface area contributed by atoms with E-state index in [1.165, 1.54) is 6.08 Å². The van der Waals surface area contributed by atoms with Gasteiger partial charge < -0.3 is 15.5 Å². The van der Waals surface area contributed by atoms with E-state index < -0.39 is 0 Å². The third-order valence-corrected chi connectivity index (χ3v) is 5.04. The number of nitrogens with one attached hydrogen (secondary N) is 2. The highest BCUT2D eigenvalue weighted by molar-refractivity contribution is 6.06. The Bertz CT molecular complexity index is 1160. The standard InChI is InChI=1S/C25H22N4O3/c30-23(11-8-18-6-9-22(10-7-18)29-16-2-5-24(29)31)27-21-4-1-3-19(17-21)25(32)28-20-12-14-26-15-13-20/h1,3-4,6-15,17H,2,5,16H2,(H,27,30)(H,26,28,32). The summed E-state index contributed by atoms with van der Waals surface area (Å²) in [4.78, 5) is 42.3. The van der Waals surface area contributed by atoms with Crippen molar-refractivity contribution in [2.24, 2.45) is 0 Å². The van der Waals surface area contributed by atoms with Gasteiger partial charge in [0.25, 0.3) is 5.91 Å². The Kier molecular flexibility index (Phi) is 6.36. The maximum atomic E-state index is 12.4. The van der Waals surface area contributed by atoms with Crippen molar-refractivity contribution >= 4 is 40.9 Å². The number of amides is 3. The fourth-order valence-corrected chi connectivity index (χ4v) is 3.42. The molecule has 0 unspecified atom stereocenters. The molecule has 3 aromatic rings. The van der Waals surface area contributed by atoms with Gasteiger partial charge in [0.2, 0.25) is 11.8 Å². The Morgan fingerprint density at radius 3 is 2.44 bits per heavy atom. The van der Waals surface area contributed by atoms with Crippen LogP contribution in [0.4, 0.5) is 17.1 Å². The summed E-state index contributed by atoms with van der Waals surface area (Å²) in [5, 5.41) is 5.55. The second-order valence-corrected chi connectivity index (χ2v) is 7.33. The van der Waals surface area contributed by atoms with Crippen molar-refractivity contribution in [1.29, 1.82) is 0 Å². The fraction of sp³-hybridized carbons (Fsp3) is 0.120. The molecule has 0 spiro atoms. The highest BCUT2D eigenvalue weighted by Gasteiger charge is 2.21. The van der Waals surface area contributed by atoms with Crippen molar-refractivity contribution in [1.82, 2.24) is 4.98 Å².